The summed E-state index contributed by atoms with van der Waals surface area (Å²) in [6, 6.07) is 5.47. The second-order valence-corrected chi connectivity index (χ2v) is 5.34. The van der Waals surface area contributed by atoms with Crippen LogP contribution in [-0.2, 0) is 0 Å². The summed E-state index contributed by atoms with van der Waals surface area (Å²) in [7, 11) is 0. The number of hydrogen-bond donors (Lipinski definition) is 0. The van der Waals surface area contributed by atoms with Gasteiger partial charge >= 0.3 is 0 Å². The summed E-state index contributed by atoms with van der Waals surface area (Å²) in [4.78, 5) is 13.9. The molecule has 0 aromatic heterocycles. The quantitative estimate of drug-likeness (QED) is 0.722. The number of halogens is 2. The van der Waals surface area contributed by atoms with Crippen molar-refractivity contribution in [3.8, 4) is 0 Å². The van der Waals surface area contributed by atoms with Crippen LogP contribution < -0.4 is 0 Å². The van der Waals surface area contributed by atoms with E-state index in [1.807, 2.05) is 17.0 Å². The van der Waals surface area contributed by atoms with Gasteiger partial charge in [-0.25, -0.2) is 0 Å². The smallest absolute Gasteiger partial charge is 0.253 e. The van der Waals surface area contributed by atoms with Crippen molar-refractivity contribution in [2.75, 3.05) is 13.1 Å². The van der Waals surface area contributed by atoms with Gasteiger partial charge in [0.05, 0.1) is 0 Å². The van der Waals surface area contributed by atoms with Crippen molar-refractivity contribution in [3.63, 3.8) is 0 Å². The maximum Gasteiger partial charge on any atom is 0.253 e. The Labute approximate surface area is 108 Å². The Balaban J connectivity index is 2.24. The van der Waals surface area contributed by atoms with Gasteiger partial charge in [-0.05, 0) is 53.6 Å². The van der Waals surface area contributed by atoms with E-state index in [0.29, 0.717) is 10.6 Å². The van der Waals surface area contributed by atoms with E-state index < -0.39 is 0 Å². The van der Waals surface area contributed by atoms with E-state index >= 15 is 0 Å². The summed E-state index contributed by atoms with van der Waals surface area (Å²) in [6.45, 7) is 1.75. The number of carbonyl (C=O) groups is 1. The minimum absolute atomic E-state index is 0.105. The first kappa shape index (κ1) is 11.2. The molecule has 1 aliphatic heterocycles. The van der Waals surface area contributed by atoms with Gasteiger partial charge in [-0.3, -0.25) is 4.79 Å². The third-order valence-electron chi connectivity index (χ3n) is 2.50. The molecule has 2 rings (SSSR count). The van der Waals surface area contributed by atoms with Crippen LogP contribution in [0.3, 0.4) is 0 Å². The zero-order valence-electron chi connectivity index (χ0n) is 8.17. The van der Waals surface area contributed by atoms with Gasteiger partial charge in [-0.1, -0.05) is 11.6 Å². The van der Waals surface area contributed by atoms with E-state index in [2.05, 4.69) is 22.6 Å². The first-order valence-electron chi connectivity index (χ1n) is 4.92. The molecule has 2 nitrogen and oxygen atoms in total. The lowest BCUT2D eigenvalue weighted by Crippen LogP contribution is -2.27. The first-order valence-corrected chi connectivity index (χ1v) is 6.38. The van der Waals surface area contributed by atoms with Gasteiger partial charge in [0.2, 0.25) is 0 Å². The van der Waals surface area contributed by atoms with Crippen LogP contribution in [0.5, 0.6) is 0 Å². The molecule has 0 N–H and O–H groups in total. The number of nitrogens with zero attached hydrogens (tertiary/aromatic N) is 1. The fourth-order valence-corrected chi connectivity index (χ4v) is 2.87. The molecular weight excluding hydrogens is 324 g/mol. The molecule has 0 bridgehead atoms. The van der Waals surface area contributed by atoms with Crippen molar-refractivity contribution >= 4 is 40.1 Å². The van der Waals surface area contributed by atoms with Crippen LogP contribution in [0.1, 0.15) is 23.2 Å². The van der Waals surface area contributed by atoms with E-state index in [-0.39, 0.29) is 5.91 Å². The molecule has 4 heteroatoms. The SMILES string of the molecule is O=C(c1cc(Cl)cc(I)c1)N1CCCC1. The van der Waals surface area contributed by atoms with Crippen LogP contribution in [0.25, 0.3) is 0 Å². The minimum atomic E-state index is 0.105. The van der Waals surface area contributed by atoms with Crippen LogP contribution in [0, 0.1) is 3.57 Å². The Kier molecular flexibility index (Phi) is 3.51. The molecule has 0 radical (unpaired) electrons. The highest BCUT2D eigenvalue weighted by Crippen LogP contribution is 2.19. The van der Waals surface area contributed by atoms with Crippen LogP contribution in [-0.4, -0.2) is 23.9 Å². The highest BCUT2D eigenvalue weighted by Gasteiger charge is 2.19. The van der Waals surface area contributed by atoms with Gasteiger partial charge in [-0.15, -0.1) is 0 Å². The van der Waals surface area contributed by atoms with E-state index in [1.54, 1.807) is 6.07 Å². The minimum Gasteiger partial charge on any atom is -0.339 e. The Morgan fingerprint density at radius 2 is 1.93 bits per heavy atom. The predicted molar refractivity (Wildman–Crippen MR) is 69.3 cm³/mol. The Bertz CT molecular complexity index is 368. The number of hydrogen-bond acceptors (Lipinski definition) is 1. The molecule has 15 heavy (non-hydrogen) atoms. The van der Waals surface area contributed by atoms with Gasteiger partial charge < -0.3 is 4.90 Å². The van der Waals surface area contributed by atoms with Gasteiger partial charge in [-0.2, -0.15) is 0 Å². The summed E-state index contributed by atoms with van der Waals surface area (Å²) >= 11 is 8.10. The highest BCUT2D eigenvalue weighted by atomic mass is 127. The molecule has 0 spiro atoms. The largest absolute Gasteiger partial charge is 0.339 e. The number of likely N-dealkylation sites (tertiary alicyclic amines) is 1. The zero-order valence-corrected chi connectivity index (χ0v) is 11.1. The molecule has 1 aromatic rings. The summed E-state index contributed by atoms with van der Waals surface area (Å²) < 4.78 is 1.00. The molecule has 0 aliphatic carbocycles. The Hall–Kier alpha value is -0.290. The molecule has 1 saturated heterocycles. The lowest BCUT2D eigenvalue weighted by molar-refractivity contribution is 0.0793. The first-order chi connectivity index (χ1) is 7.16. The molecule has 0 atom stereocenters. The van der Waals surface area contributed by atoms with Crippen molar-refractivity contribution in [3.05, 3.63) is 32.4 Å². The normalized spacial score (nSPS) is 15.7. The summed E-state index contributed by atoms with van der Waals surface area (Å²) in [5, 5.41) is 0.629. The third kappa shape index (κ3) is 2.64. The zero-order chi connectivity index (χ0) is 10.8. The maximum atomic E-state index is 12.0. The molecule has 1 aromatic carbocycles. The monoisotopic (exact) mass is 335 g/mol. The molecule has 0 saturated carbocycles. The van der Waals surface area contributed by atoms with Crippen LogP contribution in [0.4, 0.5) is 0 Å². The lowest BCUT2D eigenvalue weighted by Gasteiger charge is -2.15. The van der Waals surface area contributed by atoms with Crippen molar-refractivity contribution in [1.82, 2.24) is 4.90 Å². The summed E-state index contributed by atoms with van der Waals surface area (Å²) in [5.74, 6) is 0.105. The summed E-state index contributed by atoms with van der Waals surface area (Å²) in [6.07, 6.45) is 2.23. The van der Waals surface area contributed by atoms with E-state index in [1.165, 1.54) is 0 Å². The van der Waals surface area contributed by atoms with E-state index in [0.717, 1.165) is 29.5 Å². The number of rotatable bonds is 1. The molecule has 1 aliphatic rings. The number of carbonyl (C=O) groups excluding carboxylic acids is 1. The van der Waals surface area contributed by atoms with Gasteiger partial charge in [0.1, 0.15) is 0 Å². The van der Waals surface area contributed by atoms with E-state index in [9.17, 15) is 4.79 Å². The average Bonchev–Trinajstić information content (AvgIpc) is 2.67. The van der Waals surface area contributed by atoms with Crippen molar-refractivity contribution in [1.29, 1.82) is 0 Å². The fourth-order valence-electron chi connectivity index (χ4n) is 1.78. The third-order valence-corrected chi connectivity index (χ3v) is 3.34. The predicted octanol–water partition coefficient (Wildman–Crippen LogP) is 3.18. The van der Waals surface area contributed by atoms with Crippen LogP contribution in [0.15, 0.2) is 18.2 Å². The van der Waals surface area contributed by atoms with Crippen LogP contribution in [0.2, 0.25) is 5.02 Å². The molecule has 80 valence electrons. The van der Waals surface area contributed by atoms with Gasteiger partial charge in [0.15, 0.2) is 0 Å². The fraction of sp³-hybridized carbons (Fsp3) is 0.364. The average molecular weight is 336 g/mol. The van der Waals surface area contributed by atoms with Crippen molar-refractivity contribution in [2.45, 2.75) is 12.8 Å². The Morgan fingerprint density at radius 3 is 2.53 bits per heavy atom. The van der Waals surface area contributed by atoms with Crippen molar-refractivity contribution < 1.29 is 4.79 Å². The molecule has 0 unspecified atom stereocenters. The topological polar surface area (TPSA) is 20.3 Å². The second-order valence-electron chi connectivity index (χ2n) is 3.66. The number of benzene rings is 1. The summed E-state index contributed by atoms with van der Waals surface area (Å²) in [5.41, 5.74) is 0.703. The van der Waals surface area contributed by atoms with Crippen LogP contribution >= 0.6 is 34.2 Å². The molecule has 1 fully saturated rings. The highest BCUT2D eigenvalue weighted by molar-refractivity contribution is 14.1. The maximum absolute atomic E-state index is 12.0. The van der Waals surface area contributed by atoms with Gasteiger partial charge in [0.25, 0.3) is 5.91 Å². The van der Waals surface area contributed by atoms with E-state index in [4.69, 9.17) is 11.6 Å². The Morgan fingerprint density at radius 1 is 1.27 bits per heavy atom. The number of amides is 1. The molecule has 1 heterocycles. The lowest BCUT2D eigenvalue weighted by atomic mass is 10.2. The van der Waals surface area contributed by atoms with Gasteiger partial charge in [0, 0.05) is 27.2 Å². The molecular formula is C11H11ClINO. The van der Waals surface area contributed by atoms with Crippen molar-refractivity contribution in [2.24, 2.45) is 0 Å². The molecule has 1 amide bonds. The standard InChI is InChI=1S/C11H11ClINO/c12-9-5-8(6-10(13)7-9)11(15)14-3-1-2-4-14/h5-7H,1-4H2. The second kappa shape index (κ2) is 4.70.